The molecule has 7 nitrogen and oxygen atoms in total. The molecule has 0 aliphatic heterocycles. The Morgan fingerprint density at radius 1 is 1.21 bits per heavy atom. The number of carboxylic acid groups (broad SMARTS) is 1. The van der Waals surface area contributed by atoms with E-state index in [0.717, 1.165) is 33.2 Å². The summed E-state index contributed by atoms with van der Waals surface area (Å²) in [6.45, 7) is 6.14. The fourth-order valence-corrected chi connectivity index (χ4v) is 3.28. The van der Waals surface area contributed by atoms with Gasteiger partial charge in [0.05, 0.1) is 5.52 Å². The summed E-state index contributed by atoms with van der Waals surface area (Å²) < 4.78 is 7.44. The molecule has 148 valence electrons. The third kappa shape index (κ3) is 3.89. The van der Waals surface area contributed by atoms with Crippen LogP contribution < -0.4 is 0 Å². The minimum atomic E-state index is -0.801. The van der Waals surface area contributed by atoms with Crippen molar-refractivity contribution in [3.05, 3.63) is 53.7 Å². The van der Waals surface area contributed by atoms with Crippen molar-refractivity contribution in [1.29, 1.82) is 0 Å². The molecule has 0 amide bonds. The number of fused-ring (bicyclic) bond motifs is 1. The molecule has 2 aromatic carbocycles. The van der Waals surface area contributed by atoms with Gasteiger partial charge in [0.1, 0.15) is 0 Å². The number of nitrogens with zero attached hydrogens (tertiary/aromatic N) is 4. The average molecular weight is 390 g/mol. The number of hydrogen-bond donors (Lipinski definition) is 1. The first-order valence-electron chi connectivity index (χ1n) is 9.55. The predicted octanol–water partition coefficient (Wildman–Crippen LogP) is 4.66. The zero-order valence-electron chi connectivity index (χ0n) is 16.6. The van der Waals surface area contributed by atoms with Gasteiger partial charge in [0.2, 0.25) is 5.82 Å². The van der Waals surface area contributed by atoms with Gasteiger partial charge in [-0.2, -0.15) is 10.1 Å². The molecule has 0 bridgehead atoms. The van der Waals surface area contributed by atoms with E-state index in [9.17, 15) is 4.79 Å². The highest BCUT2D eigenvalue weighted by Crippen LogP contribution is 2.27. The molecule has 0 fully saturated rings. The second-order valence-corrected chi connectivity index (χ2v) is 7.44. The van der Waals surface area contributed by atoms with E-state index in [4.69, 9.17) is 9.63 Å². The third-order valence-corrected chi connectivity index (χ3v) is 4.88. The summed E-state index contributed by atoms with van der Waals surface area (Å²) >= 11 is 0. The van der Waals surface area contributed by atoms with E-state index in [1.54, 1.807) is 0 Å². The van der Waals surface area contributed by atoms with Gasteiger partial charge in [-0.15, -0.1) is 0 Å². The van der Waals surface area contributed by atoms with Crippen molar-refractivity contribution in [3.63, 3.8) is 0 Å². The SMILES string of the molecule is Cc1cc(CCC(=O)O)ccc1-c1noc(-c2ccc3nn(C(C)C)cc3c2)n1. The lowest BCUT2D eigenvalue weighted by molar-refractivity contribution is -0.136. The zero-order valence-corrected chi connectivity index (χ0v) is 16.6. The van der Waals surface area contributed by atoms with Gasteiger partial charge in [-0.25, -0.2) is 0 Å². The Kier molecular flexibility index (Phi) is 4.88. The average Bonchev–Trinajstić information content (AvgIpc) is 3.33. The van der Waals surface area contributed by atoms with Crippen LogP contribution in [0.15, 0.2) is 47.1 Å². The molecule has 0 saturated carbocycles. The van der Waals surface area contributed by atoms with Gasteiger partial charge >= 0.3 is 5.97 Å². The Labute approximate surface area is 168 Å². The molecule has 0 atom stereocenters. The van der Waals surface area contributed by atoms with E-state index in [1.165, 1.54) is 0 Å². The molecule has 0 aliphatic carbocycles. The first-order valence-corrected chi connectivity index (χ1v) is 9.55. The second-order valence-electron chi connectivity index (χ2n) is 7.44. The van der Waals surface area contributed by atoms with Gasteiger partial charge in [-0.05, 0) is 56.5 Å². The highest BCUT2D eigenvalue weighted by molar-refractivity contribution is 5.83. The predicted molar refractivity (Wildman–Crippen MR) is 110 cm³/mol. The smallest absolute Gasteiger partial charge is 0.303 e. The molecule has 0 unspecified atom stereocenters. The summed E-state index contributed by atoms with van der Waals surface area (Å²) in [5, 5.41) is 18.6. The summed E-state index contributed by atoms with van der Waals surface area (Å²) in [6.07, 6.45) is 2.62. The van der Waals surface area contributed by atoms with Crippen molar-refractivity contribution in [2.75, 3.05) is 0 Å². The number of hydrogen-bond acceptors (Lipinski definition) is 5. The Morgan fingerprint density at radius 3 is 2.76 bits per heavy atom. The van der Waals surface area contributed by atoms with E-state index in [-0.39, 0.29) is 6.42 Å². The fraction of sp³-hybridized carbons (Fsp3) is 0.273. The molecule has 29 heavy (non-hydrogen) atoms. The lowest BCUT2D eigenvalue weighted by Gasteiger charge is -2.04. The molecule has 7 heteroatoms. The van der Waals surface area contributed by atoms with Crippen LogP contribution >= 0.6 is 0 Å². The summed E-state index contributed by atoms with van der Waals surface area (Å²) in [7, 11) is 0. The molecule has 0 radical (unpaired) electrons. The largest absolute Gasteiger partial charge is 0.481 e. The first-order chi connectivity index (χ1) is 13.9. The second kappa shape index (κ2) is 7.50. The van der Waals surface area contributed by atoms with Crippen LogP contribution in [0.1, 0.15) is 37.4 Å². The maximum Gasteiger partial charge on any atom is 0.303 e. The summed E-state index contributed by atoms with van der Waals surface area (Å²) in [4.78, 5) is 15.3. The monoisotopic (exact) mass is 390 g/mol. The molecular weight excluding hydrogens is 368 g/mol. The summed E-state index contributed by atoms with van der Waals surface area (Å²) in [6, 6.07) is 12.0. The van der Waals surface area contributed by atoms with Crippen molar-refractivity contribution in [2.45, 2.75) is 39.7 Å². The molecule has 4 aromatic rings. The van der Waals surface area contributed by atoms with E-state index >= 15 is 0 Å². The van der Waals surface area contributed by atoms with Gasteiger partial charge in [-0.3, -0.25) is 9.48 Å². The summed E-state index contributed by atoms with van der Waals surface area (Å²) in [5.74, 6) is 0.166. The van der Waals surface area contributed by atoms with Gasteiger partial charge in [-0.1, -0.05) is 23.4 Å². The lowest BCUT2D eigenvalue weighted by atomic mass is 10.0. The molecule has 0 saturated heterocycles. The van der Waals surface area contributed by atoms with Crippen LogP contribution in [0.5, 0.6) is 0 Å². The number of carboxylic acids is 1. The third-order valence-electron chi connectivity index (χ3n) is 4.88. The highest BCUT2D eigenvalue weighted by Gasteiger charge is 2.14. The van der Waals surface area contributed by atoms with Crippen LogP contribution in [-0.2, 0) is 11.2 Å². The topological polar surface area (TPSA) is 94.0 Å². The maximum absolute atomic E-state index is 10.8. The zero-order chi connectivity index (χ0) is 20.5. The number of aryl methyl sites for hydroxylation is 2. The lowest BCUT2D eigenvalue weighted by Crippen LogP contribution is -1.99. The van der Waals surface area contributed by atoms with Gasteiger partial charge in [0, 0.05) is 35.2 Å². The highest BCUT2D eigenvalue weighted by atomic mass is 16.5. The van der Waals surface area contributed by atoms with Crippen LogP contribution in [0.25, 0.3) is 33.7 Å². The summed E-state index contributed by atoms with van der Waals surface area (Å²) in [5.41, 5.74) is 4.59. The van der Waals surface area contributed by atoms with Crippen LogP contribution in [0, 0.1) is 6.92 Å². The molecule has 2 heterocycles. The van der Waals surface area contributed by atoms with Crippen LogP contribution in [0.2, 0.25) is 0 Å². The van der Waals surface area contributed by atoms with Crippen LogP contribution in [0.3, 0.4) is 0 Å². The Balaban J connectivity index is 1.61. The van der Waals surface area contributed by atoms with Crippen LogP contribution in [-0.4, -0.2) is 31.0 Å². The molecule has 0 aliphatic rings. The van der Waals surface area contributed by atoms with Crippen molar-refractivity contribution in [1.82, 2.24) is 19.9 Å². The van der Waals surface area contributed by atoms with Crippen molar-refractivity contribution in [2.24, 2.45) is 0 Å². The fourth-order valence-electron chi connectivity index (χ4n) is 3.28. The van der Waals surface area contributed by atoms with E-state index < -0.39 is 5.97 Å². The number of benzene rings is 2. The van der Waals surface area contributed by atoms with E-state index in [1.807, 2.05) is 54.2 Å². The Morgan fingerprint density at radius 2 is 2.03 bits per heavy atom. The molecule has 2 aromatic heterocycles. The van der Waals surface area contributed by atoms with Gasteiger partial charge < -0.3 is 9.63 Å². The number of carbonyl (C=O) groups is 1. The Hall–Kier alpha value is -3.48. The van der Waals surface area contributed by atoms with Gasteiger partial charge in [0.25, 0.3) is 5.89 Å². The minimum Gasteiger partial charge on any atom is -0.481 e. The van der Waals surface area contributed by atoms with Gasteiger partial charge in [0.15, 0.2) is 0 Å². The van der Waals surface area contributed by atoms with E-state index in [0.29, 0.717) is 24.2 Å². The molecule has 4 rings (SSSR count). The number of rotatable bonds is 6. The number of aromatic nitrogens is 4. The Bertz CT molecular complexity index is 1190. The molecule has 0 spiro atoms. The molecule has 1 N–H and O–H groups in total. The van der Waals surface area contributed by atoms with Crippen molar-refractivity contribution < 1.29 is 14.4 Å². The maximum atomic E-state index is 10.8. The molecular formula is C22H22N4O3. The quantitative estimate of drug-likeness (QED) is 0.515. The van der Waals surface area contributed by atoms with E-state index in [2.05, 4.69) is 29.1 Å². The van der Waals surface area contributed by atoms with Crippen molar-refractivity contribution >= 4 is 16.9 Å². The normalized spacial score (nSPS) is 11.4. The standard InChI is InChI=1S/C22H22N4O3/c1-13(2)26-12-17-11-16(6-8-19(17)24-26)22-23-21(25-29-22)18-7-4-15(10-14(18)3)5-9-20(27)28/h4,6-8,10-13H,5,9H2,1-3H3,(H,27,28). The van der Waals surface area contributed by atoms with Crippen LogP contribution in [0.4, 0.5) is 0 Å². The minimum absolute atomic E-state index is 0.112. The van der Waals surface area contributed by atoms with Crippen molar-refractivity contribution in [3.8, 4) is 22.8 Å². The number of aliphatic carboxylic acids is 1. The first kappa shape index (κ1) is 18.9.